The summed E-state index contributed by atoms with van der Waals surface area (Å²) in [5.74, 6) is -0.500. The molecule has 3 N–H and O–H groups in total. The van der Waals surface area contributed by atoms with E-state index in [-0.39, 0.29) is 18.3 Å². The fraction of sp³-hybridized carbons (Fsp3) is 0.421. The van der Waals surface area contributed by atoms with Gasteiger partial charge in [0, 0.05) is 55.9 Å². The zero-order valence-electron chi connectivity index (χ0n) is 30.1. The number of hydrogen-bond acceptors (Lipinski definition) is 9. The van der Waals surface area contributed by atoms with Gasteiger partial charge in [0.1, 0.15) is 24.2 Å². The number of aliphatic hydroxyl groups is 1. The Kier molecular flexibility index (Phi) is 14.2. The molecule has 0 aliphatic carbocycles. The van der Waals surface area contributed by atoms with Gasteiger partial charge in [0.05, 0.1) is 25.4 Å². The van der Waals surface area contributed by atoms with Crippen LogP contribution < -0.4 is 30.0 Å². The van der Waals surface area contributed by atoms with E-state index in [2.05, 4.69) is 42.8 Å². The Morgan fingerprint density at radius 1 is 0.981 bits per heavy atom. The quantitative estimate of drug-likeness (QED) is 0.0845. The van der Waals surface area contributed by atoms with E-state index in [1.807, 2.05) is 43.3 Å². The molecule has 2 unspecified atom stereocenters. The molecular weight excluding hydrogens is 686 g/mol. The number of nitrogens with one attached hydrogen (secondary N) is 2. The molecule has 1 aromatic heterocycles. The number of hydrazine groups is 1. The highest BCUT2D eigenvalue weighted by Crippen LogP contribution is 2.26. The zero-order valence-corrected chi connectivity index (χ0v) is 30.1. The molecule has 13 nitrogen and oxygen atoms in total. The zero-order chi connectivity index (χ0) is 37.6. The summed E-state index contributed by atoms with van der Waals surface area (Å²) in [6.07, 6.45) is 5.56. The number of amides is 3. The molecule has 5 rings (SSSR count). The van der Waals surface area contributed by atoms with Crippen molar-refractivity contribution in [1.82, 2.24) is 25.2 Å². The number of benzene rings is 3. The van der Waals surface area contributed by atoms with Gasteiger partial charge in [-0.05, 0) is 99.2 Å². The van der Waals surface area contributed by atoms with E-state index >= 15 is 0 Å². The number of ether oxygens (including phenoxy) is 2. The van der Waals surface area contributed by atoms with Crippen LogP contribution >= 0.6 is 0 Å². The number of carbonyl (C=O) groups excluding carboxylic acids is 2. The Balaban J connectivity index is 1.07. The lowest BCUT2D eigenvalue weighted by Crippen LogP contribution is -2.54. The SMILES string of the molecule is CCC(C(C)O)N(NC=O)C(=O)Nc1ccc(N2CCN(c3ccc(OCC[C@@H](CCCn4cncn4)COc4ccc(F)cc4F)cc3)CC2)cc1. The third kappa shape index (κ3) is 11.3. The van der Waals surface area contributed by atoms with Crippen molar-refractivity contribution in [2.45, 2.75) is 58.2 Å². The maximum atomic E-state index is 14.2. The van der Waals surface area contributed by atoms with Crippen LogP contribution in [-0.2, 0) is 11.3 Å². The van der Waals surface area contributed by atoms with Gasteiger partial charge in [0.15, 0.2) is 11.6 Å². The molecule has 0 bridgehead atoms. The lowest BCUT2D eigenvalue weighted by molar-refractivity contribution is -0.114. The van der Waals surface area contributed by atoms with E-state index in [4.69, 9.17) is 9.47 Å². The average Bonchev–Trinajstić information content (AvgIpc) is 3.68. The van der Waals surface area contributed by atoms with Crippen LogP contribution in [0.4, 0.5) is 30.6 Å². The number of rotatable bonds is 19. The van der Waals surface area contributed by atoms with Crippen LogP contribution in [0.25, 0.3) is 0 Å². The second-order valence-electron chi connectivity index (χ2n) is 13.0. The van der Waals surface area contributed by atoms with Gasteiger partial charge in [-0.2, -0.15) is 5.10 Å². The van der Waals surface area contributed by atoms with E-state index in [0.717, 1.165) is 67.2 Å². The molecular formula is C38H48F2N8O5. The number of hydrogen-bond donors (Lipinski definition) is 3. The van der Waals surface area contributed by atoms with Gasteiger partial charge >= 0.3 is 6.03 Å². The highest BCUT2D eigenvalue weighted by atomic mass is 19.1. The molecule has 3 amide bonds. The smallest absolute Gasteiger partial charge is 0.340 e. The van der Waals surface area contributed by atoms with Gasteiger partial charge in [-0.3, -0.25) is 14.9 Å². The molecule has 1 fully saturated rings. The molecule has 0 saturated carbocycles. The minimum absolute atomic E-state index is 0.0290. The third-order valence-electron chi connectivity index (χ3n) is 9.31. The molecule has 1 aliphatic rings. The Labute approximate surface area is 308 Å². The van der Waals surface area contributed by atoms with Gasteiger partial charge in [-0.1, -0.05) is 6.92 Å². The Hall–Kier alpha value is -5.44. The molecule has 1 saturated heterocycles. The minimum atomic E-state index is -0.820. The number of halogens is 2. The molecule has 4 aromatic rings. The summed E-state index contributed by atoms with van der Waals surface area (Å²) in [5.41, 5.74) is 5.10. The van der Waals surface area contributed by atoms with Gasteiger partial charge in [0.25, 0.3) is 0 Å². The summed E-state index contributed by atoms with van der Waals surface area (Å²) in [7, 11) is 0. The van der Waals surface area contributed by atoms with Crippen molar-refractivity contribution < 1.29 is 33.0 Å². The molecule has 0 radical (unpaired) electrons. The molecule has 15 heteroatoms. The molecule has 284 valence electrons. The standard InChI is InChI=1S/C38H48F2N8O5/c1-3-36(28(2)50)48(43-27-49)38(51)44-31-7-9-32(10-8-31)45-18-20-46(21-19-45)33-11-13-34(14-12-33)52-22-16-29(5-4-17-47-26-41-25-42-47)24-53-37-15-6-30(39)23-35(37)40/h6-15,23,25-29,36,50H,3-5,16-22,24H2,1-2H3,(H,43,49)(H,44,51)/t28?,29-,36?/m1/s1. The second-order valence-corrected chi connectivity index (χ2v) is 13.0. The average molecular weight is 735 g/mol. The molecule has 0 spiro atoms. The first-order valence-electron chi connectivity index (χ1n) is 17.9. The Morgan fingerprint density at radius 2 is 1.66 bits per heavy atom. The van der Waals surface area contributed by atoms with Crippen molar-refractivity contribution in [3.63, 3.8) is 0 Å². The van der Waals surface area contributed by atoms with E-state index in [0.29, 0.717) is 38.1 Å². The number of aryl methyl sites for hydroxylation is 1. The topological polar surface area (TPSA) is 137 Å². The Bertz CT molecular complexity index is 1700. The molecule has 1 aliphatic heterocycles. The van der Waals surface area contributed by atoms with Crippen LogP contribution in [0.1, 0.15) is 39.5 Å². The fourth-order valence-corrected chi connectivity index (χ4v) is 6.36. The second kappa shape index (κ2) is 19.4. The van der Waals surface area contributed by atoms with Crippen LogP contribution in [-0.4, -0.2) is 88.9 Å². The van der Waals surface area contributed by atoms with Crippen LogP contribution in [0, 0.1) is 17.6 Å². The summed E-state index contributed by atoms with van der Waals surface area (Å²) in [6.45, 7) is 8.13. The highest BCUT2D eigenvalue weighted by Gasteiger charge is 2.26. The van der Waals surface area contributed by atoms with Crippen LogP contribution in [0.3, 0.4) is 0 Å². The predicted octanol–water partition coefficient (Wildman–Crippen LogP) is 5.48. The maximum Gasteiger partial charge on any atom is 0.340 e. The molecule has 2 heterocycles. The van der Waals surface area contributed by atoms with Gasteiger partial charge in [0.2, 0.25) is 6.41 Å². The number of urea groups is 1. The van der Waals surface area contributed by atoms with Crippen LogP contribution in [0.2, 0.25) is 0 Å². The first kappa shape index (κ1) is 38.8. The van der Waals surface area contributed by atoms with Gasteiger partial charge < -0.3 is 29.7 Å². The van der Waals surface area contributed by atoms with Crippen LogP contribution in [0.15, 0.2) is 79.4 Å². The minimum Gasteiger partial charge on any atom is -0.494 e. The lowest BCUT2D eigenvalue weighted by Gasteiger charge is -2.37. The first-order chi connectivity index (χ1) is 25.7. The first-order valence-corrected chi connectivity index (χ1v) is 17.9. The summed E-state index contributed by atoms with van der Waals surface area (Å²) >= 11 is 0. The number of piperazine rings is 1. The summed E-state index contributed by atoms with van der Waals surface area (Å²) in [4.78, 5) is 32.5. The maximum absolute atomic E-state index is 14.2. The van der Waals surface area contributed by atoms with E-state index in [1.165, 1.54) is 18.5 Å². The van der Waals surface area contributed by atoms with Crippen molar-refractivity contribution in [2.75, 3.05) is 54.5 Å². The van der Waals surface area contributed by atoms with Gasteiger partial charge in [-0.25, -0.2) is 23.6 Å². The Morgan fingerprint density at radius 3 is 2.25 bits per heavy atom. The molecule has 53 heavy (non-hydrogen) atoms. The lowest BCUT2D eigenvalue weighted by atomic mass is 10.0. The molecule has 3 atom stereocenters. The van der Waals surface area contributed by atoms with Crippen molar-refractivity contribution >= 4 is 29.5 Å². The van der Waals surface area contributed by atoms with E-state index in [9.17, 15) is 23.5 Å². The predicted molar refractivity (Wildman–Crippen MR) is 198 cm³/mol. The van der Waals surface area contributed by atoms with Crippen molar-refractivity contribution in [2.24, 2.45) is 5.92 Å². The van der Waals surface area contributed by atoms with E-state index in [1.54, 1.807) is 17.9 Å². The number of carbonyl (C=O) groups is 2. The third-order valence-corrected chi connectivity index (χ3v) is 9.31. The molecule has 3 aromatic carbocycles. The summed E-state index contributed by atoms with van der Waals surface area (Å²) in [6, 6.07) is 17.8. The highest BCUT2D eigenvalue weighted by molar-refractivity contribution is 5.90. The van der Waals surface area contributed by atoms with Gasteiger partial charge in [-0.15, -0.1) is 0 Å². The fourth-order valence-electron chi connectivity index (χ4n) is 6.36. The number of anilines is 3. The number of nitrogens with zero attached hydrogens (tertiary/aromatic N) is 6. The number of aromatic nitrogens is 3. The normalized spacial score (nSPS) is 14.6. The summed E-state index contributed by atoms with van der Waals surface area (Å²) in [5, 5.41) is 18.1. The van der Waals surface area contributed by atoms with Crippen LogP contribution in [0.5, 0.6) is 11.5 Å². The van der Waals surface area contributed by atoms with E-state index < -0.39 is 29.8 Å². The van der Waals surface area contributed by atoms with Crippen molar-refractivity contribution in [1.29, 1.82) is 0 Å². The monoisotopic (exact) mass is 734 g/mol. The van der Waals surface area contributed by atoms with Crippen molar-refractivity contribution in [3.05, 3.63) is 91.0 Å². The number of aliphatic hydroxyl groups excluding tert-OH is 1. The summed E-state index contributed by atoms with van der Waals surface area (Å²) < 4.78 is 41.1. The largest absolute Gasteiger partial charge is 0.494 e. The van der Waals surface area contributed by atoms with Crippen molar-refractivity contribution in [3.8, 4) is 11.5 Å².